The minimum atomic E-state index is -0.0167. The average Bonchev–Trinajstić information content (AvgIpc) is 3.31. The maximum Gasteiger partial charge on any atom is 0.230 e. The van der Waals surface area contributed by atoms with Crippen LogP contribution in [-0.4, -0.2) is 44.3 Å². The topological polar surface area (TPSA) is 79.5 Å². The molecule has 0 saturated carbocycles. The van der Waals surface area contributed by atoms with Gasteiger partial charge in [-0.05, 0) is 53.1 Å². The molecule has 156 valence electrons. The van der Waals surface area contributed by atoms with Crippen molar-refractivity contribution in [3.05, 3.63) is 78.4 Å². The van der Waals surface area contributed by atoms with E-state index in [9.17, 15) is 4.79 Å². The molecule has 1 amide bonds. The Morgan fingerprint density at radius 1 is 0.935 bits per heavy atom. The molecule has 1 aliphatic heterocycles. The second-order valence-electron chi connectivity index (χ2n) is 7.72. The van der Waals surface area contributed by atoms with Gasteiger partial charge in [0, 0.05) is 24.7 Å². The zero-order valence-electron chi connectivity index (χ0n) is 17.1. The molecule has 0 unspecified atom stereocenters. The van der Waals surface area contributed by atoms with Crippen LogP contribution in [0.3, 0.4) is 0 Å². The molecule has 3 heterocycles. The molecule has 0 atom stereocenters. The zero-order chi connectivity index (χ0) is 21.0. The molecule has 0 spiro atoms. The first kappa shape index (κ1) is 19.2. The van der Waals surface area contributed by atoms with E-state index >= 15 is 0 Å². The molecule has 2 aromatic carbocycles. The van der Waals surface area contributed by atoms with Crippen molar-refractivity contribution in [2.75, 3.05) is 22.9 Å². The van der Waals surface area contributed by atoms with E-state index in [0.717, 1.165) is 43.0 Å². The summed E-state index contributed by atoms with van der Waals surface area (Å²) in [5.74, 6) is 0.991. The number of fused-ring (bicyclic) bond motifs is 1. The highest BCUT2D eigenvalue weighted by Crippen LogP contribution is 2.27. The van der Waals surface area contributed by atoms with Gasteiger partial charge in [-0.15, -0.1) is 14.8 Å². The van der Waals surface area contributed by atoms with Crippen LogP contribution >= 0.6 is 0 Å². The van der Waals surface area contributed by atoms with Crippen molar-refractivity contribution in [3.8, 4) is 0 Å². The molecule has 1 fully saturated rings. The number of aromatic nitrogens is 5. The Balaban J connectivity index is 1.31. The Hall–Kier alpha value is -3.81. The number of hydrogen-bond donors (Lipinski definition) is 0. The van der Waals surface area contributed by atoms with E-state index < -0.39 is 0 Å². The van der Waals surface area contributed by atoms with Gasteiger partial charge in [-0.3, -0.25) is 4.79 Å². The molecule has 31 heavy (non-hydrogen) atoms. The Morgan fingerprint density at radius 2 is 1.65 bits per heavy atom. The molecule has 0 bridgehead atoms. The number of amides is 1. The van der Waals surface area contributed by atoms with E-state index in [2.05, 4.69) is 37.7 Å². The normalized spacial score (nSPS) is 14.6. The summed E-state index contributed by atoms with van der Waals surface area (Å²) in [5, 5.41) is 15.9. The maximum absolute atomic E-state index is 13.5. The Kier molecular flexibility index (Phi) is 5.26. The molecule has 0 aliphatic carbocycles. The molecular weight excluding hydrogens is 390 g/mol. The third-order valence-corrected chi connectivity index (χ3v) is 5.74. The van der Waals surface area contributed by atoms with Crippen LogP contribution in [0.4, 0.5) is 11.5 Å². The minimum Gasteiger partial charge on any atom is -0.355 e. The largest absolute Gasteiger partial charge is 0.355 e. The molecule has 8 nitrogen and oxygen atoms in total. The van der Waals surface area contributed by atoms with E-state index in [1.54, 1.807) is 0 Å². The SMILES string of the molecule is O=C(C1CCN(c2ccc3nnnn3n2)CC1)N(Cc1ccccc1)c1ccccc1. The lowest BCUT2D eigenvalue weighted by atomic mass is 9.94. The van der Waals surface area contributed by atoms with Gasteiger partial charge in [-0.25, -0.2) is 0 Å². The molecule has 1 saturated heterocycles. The standard InChI is InChI=1S/C23H23N7O/c31-23(29(20-9-5-2-6-10-20)17-18-7-3-1-4-8-18)19-13-15-28(16-14-19)22-12-11-21-24-26-27-30(21)25-22/h1-12,19H,13-17H2. The first-order valence-electron chi connectivity index (χ1n) is 10.5. The highest BCUT2D eigenvalue weighted by atomic mass is 16.2. The van der Waals surface area contributed by atoms with Gasteiger partial charge in [0.25, 0.3) is 0 Å². The summed E-state index contributed by atoms with van der Waals surface area (Å²) in [6.45, 7) is 2.11. The number of nitrogens with zero attached hydrogens (tertiary/aromatic N) is 7. The third kappa shape index (κ3) is 4.09. The number of carbonyl (C=O) groups is 1. The van der Waals surface area contributed by atoms with E-state index in [4.69, 9.17) is 0 Å². The van der Waals surface area contributed by atoms with Crippen LogP contribution in [0, 0.1) is 5.92 Å². The van der Waals surface area contributed by atoms with Crippen LogP contribution in [-0.2, 0) is 11.3 Å². The number of rotatable bonds is 5. The number of benzene rings is 2. The Labute approximate surface area is 180 Å². The first-order valence-corrected chi connectivity index (χ1v) is 10.5. The lowest BCUT2D eigenvalue weighted by molar-refractivity contribution is -0.123. The van der Waals surface area contributed by atoms with Gasteiger partial charge in [0.2, 0.25) is 5.91 Å². The summed E-state index contributed by atoms with van der Waals surface area (Å²) in [4.78, 5) is 17.7. The molecule has 4 aromatic rings. The maximum atomic E-state index is 13.5. The monoisotopic (exact) mass is 413 g/mol. The Bertz CT molecular complexity index is 1150. The van der Waals surface area contributed by atoms with E-state index in [0.29, 0.717) is 12.2 Å². The van der Waals surface area contributed by atoms with Crippen molar-refractivity contribution in [1.29, 1.82) is 0 Å². The molecule has 0 radical (unpaired) electrons. The summed E-state index contributed by atoms with van der Waals surface area (Å²) < 4.78 is 1.43. The fourth-order valence-corrected chi connectivity index (χ4v) is 4.06. The molecule has 1 aliphatic rings. The quantitative estimate of drug-likeness (QED) is 0.501. The van der Waals surface area contributed by atoms with Crippen molar-refractivity contribution in [2.45, 2.75) is 19.4 Å². The molecule has 8 heteroatoms. The predicted molar refractivity (Wildman–Crippen MR) is 118 cm³/mol. The van der Waals surface area contributed by atoms with Gasteiger partial charge in [0.1, 0.15) is 0 Å². The van der Waals surface area contributed by atoms with Gasteiger partial charge in [-0.2, -0.15) is 0 Å². The lowest BCUT2D eigenvalue weighted by Gasteiger charge is -2.34. The van der Waals surface area contributed by atoms with Crippen LogP contribution in [0.2, 0.25) is 0 Å². The Morgan fingerprint density at radius 3 is 2.39 bits per heavy atom. The molecule has 2 aromatic heterocycles. The highest BCUT2D eigenvalue weighted by Gasteiger charge is 2.30. The van der Waals surface area contributed by atoms with Gasteiger partial charge in [0.15, 0.2) is 11.5 Å². The summed E-state index contributed by atoms with van der Waals surface area (Å²) in [5.41, 5.74) is 2.67. The zero-order valence-corrected chi connectivity index (χ0v) is 17.1. The van der Waals surface area contributed by atoms with Crippen molar-refractivity contribution in [3.63, 3.8) is 0 Å². The summed E-state index contributed by atoms with van der Waals surface area (Å²) in [6, 6.07) is 23.9. The molecule has 5 rings (SSSR count). The van der Waals surface area contributed by atoms with Crippen LogP contribution in [0.1, 0.15) is 18.4 Å². The van der Waals surface area contributed by atoms with Crippen molar-refractivity contribution in [2.24, 2.45) is 5.92 Å². The third-order valence-electron chi connectivity index (χ3n) is 5.74. The van der Waals surface area contributed by atoms with E-state index in [1.807, 2.05) is 65.6 Å². The van der Waals surface area contributed by atoms with E-state index in [1.165, 1.54) is 4.63 Å². The second kappa shape index (κ2) is 8.51. The lowest BCUT2D eigenvalue weighted by Crippen LogP contribution is -2.43. The van der Waals surface area contributed by atoms with Gasteiger partial charge >= 0.3 is 0 Å². The minimum absolute atomic E-state index is 0.0167. The first-order chi connectivity index (χ1) is 15.3. The fraction of sp³-hybridized carbons (Fsp3) is 0.261. The van der Waals surface area contributed by atoms with Crippen molar-refractivity contribution >= 4 is 23.1 Å². The number of anilines is 2. The van der Waals surface area contributed by atoms with E-state index in [-0.39, 0.29) is 11.8 Å². The summed E-state index contributed by atoms with van der Waals surface area (Å²) in [7, 11) is 0. The molecule has 0 N–H and O–H groups in total. The second-order valence-corrected chi connectivity index (χ2v) is 7.72. The van der Waals surface area contributed by atoms with Crippen LogP contribution < -0.4 is 9.80 Å². The van der Waals surface area contributed by atoms with Gasteiger partial charge in [-0.1, -0.05) is 48.5 Å². The number of tetrazole rings is 1. The smallest absolute Gasteiger partial charge is 0.230 e. The van der Waals surface area contributed by atoms with Crippen LogP contribution in [0.25, 0.3) is 5.65 Å². The molecular formula is C23H23N7O. The summed E-state index contributed by atoms with van der Waals surface area (Å²) >= 11 is 0. The van der Waals surface area contributed by atoms with Gasteiger partial charge < -0.3 is 9.80 Å². The van der Waals surface area contributed by atoms with Crippen LogP contribution in [0.5, 0.6) is 0 Å². The van der Waals surface area contributed by atoms with Gasteiger partial charge in [0.05, 0.1) is 6.54 Å². The van der Waals surface area contributed by atoms with Crippen LogP contribution in [0.15, 0.2) is 72.8 Å². The number of hydrogen-bond acceptors (Lipinski definition) is 6. The van der Waals surface area contributed by atoms with Crippen molar-refractivity contribution < 1.29 is 4.79 Å². The predicted octanol–water partition coefficient (Wildman–Crippen LogP) is 2.97. The van der Waals surface area contributed by atoms with Crippen molar-refractivity contribution in [1.82, 2.24) is 25.3 Å². The number of piperidine rings is 1. The fourth-order valence-electron chi connectivity index (χ4n) is 4.06. The number of para-hydroxylation sites is 1. The summed E-state index contributed by atoms with van der Waals surface area (Å²) in [6.07, 6.45) is 1.57. The number of carbonyl (C=O) groups excluding carboxylic acids is 1. The average molecular weight is 413 g/mol. The highest BCUT2D eigenvalue weighted by molar-refractivity contribution is 5.95.